The van der Waals surface area contributed by atoms with E-state index in [4.69, 9.17) is 10.2 Å². The molecule has 0 saturated heterocycles. The smallest absolute Gasteiger partial charge is 0.0974 e. The zero-order valence-electron chi connectivity index (χ0n) is 10.7. The van der Waals surface area contributed by atoms with E-state index >= 15 is 0 Å². The minimum atomic E-state index is -0.0580. The fourth-order valence-electron chi connectivity index (χ4n) is 1.38. The van der Waals surface area contributed by atoms with Crippen molar-refractivity contribution < 1.29 is 10.2 Å². The Balaban J connectivity index is 3.09. The number of likely N-dealkylation sites (N-methyl/N-ethyl adjacent to an activating group) is 1. The lowest BCUT2D eigenvalue weighted by atomic mass is 10.2. The van der Waals surface area contributed by atoms with Gasteiger partial charge in [-0.15, -0.1) is 0 Å². The summed E-state index contributed by atoms with van der Waals surface area (Å²) in [6.45, 7) is 3.81. The summed E-state index contributed by atoms with van der Waals surface area (Å²) in [5.74, 6) is 0. The van der Waals surface area contributed by atoms with Crippen LogP contribution in [0.4, 0.5) is 0 Å². The van der Waals surface area contributed by atoms with Gasteiger partial charge in [0.05, 0.1) is 13.5 Å². The summed E-state index contributed by atoms with van der Waals surface area (Å²) in [5, 5.41) is 21.0. The first-order valence-electron chi connectivity index (χ1n) is 6.00. The highest BCUT2D eigenvalue weighted by Gasteiger charge is 1.99. The lowest BCUT2D eigenvalue weighted by molar-refractivity contribution is 0.0284. The number of unbranched alkanes of at least 4 members (excludes halogenated alkanes) is 2. The second-order valence-electron chi connectivity index (χ2n) is 4.29. The van der Waals surface area contributed by atoms with Crippen LogP contribution in [0.2, 0.25) is 0 Å². The molecule has 0 unspecified atom stereocenters. The maximum atomic E-state index is 8.80. The number of rotatable bonds is 11. The first kappa shape index (κ1) is 15.8. The lowest BCUT2D eigenvalue weighted by Gasteiger charge is -2.15. The SMILES string of the molecule is CN(C)CCNCCCCCN(CO)CO. The van der Waals surface area contributed by atoms with Crippen molar-refractivity contribution in [3.63, 3.8) is 0 Å². The highest BCUT2D eigenvalue weighted by atomic mass is 16.3. The van der Waals surface area contributed by atoms with Crippen molar-refractivity contribution in [1.82, 2.24) is 15.1 Å². The van der Waals surface area contributed by atoms with E-state index in [1.54, 1.807) is 4.90 Å². The maximum absolute atomic E-state index is 8.80. The first-order valence-corrected chi connectivity index (χ1v) is 6.00. The van der Waals surface area contributed by atoms with Gasteiger partial charge in [-0.05, 0) is 33.5 Å². The van der Waals surface area contributed by atoms with Gasteiger partial charge in [0.25, 0.3) is 0 Å². The monoisotopic (exact) mass is 233 g/mol. The molecule has 0 aromatic carbocycles. The molecule has 0 amide bonds. The van der Waals surface area contributed by atoms with Crippen molar-refractivity contribution in [2.75, 3.05) is 53.7 Å². The van der Waals surface area contributed by atoms with Crippen LogP contribution in [0.3, 0.4) is 0 Å². The van der Waals surface area contributed by atoms with Crippen molar-refractivity contribution in [3.05, 3.63) is 0 Å². The van der Waals surface area contributed by atoms with Crippen molar-refractivity contribution in [2.24, 2.45) is 0 Å². The van der Waals surface area contributed by atoms with Gasteiger partial charge in [-0.3, -0.25) is 4.90 Å². The van der Waals surface area contributed by atoms with Crippen LogP contribution in [0.15, 0.2) is 0 Å². The van der Waals surface area contributed by atoms with E-state index in [-0.39, 0.29) is 13.5 Å². The quantitative estimate of drug-likeness (QED) is 0.332. The summed E-state index contributed by atoms with van der Waals surface area (Å²) in [5.41, 5.74) is 0. The number of nitrogens with zero attached hydrogens (tertiary/aromatic N) is 2. The number of aliphatic hydroxyl groups excluding tert-OH is 2. The van der Waals surface area contributed by atoms with Gasteiger partial charge in [-0.1, -0.05) is 6.42 Å². The lowest BCUT2D eigenvalue weighted by Crippen LogP contribution is -2.28. The minimum Gasteiger partial charge on any atom is -0.381 e. The number of hydrogen-bond donors (Lipinski definition) is 3. The van der Waals surface area contributed by atoms with Gasteiger partial charge in [0.2, 0.25) is 0 Å². The molecule has 0 atom stereocenters. The molecule has 16 heavy (non-hydrogen) atoms. The molecule has 5 heteroatoms. The van der Waals surface area contributed by atoms with E-state index in [0.717, 1.165) is 45.4 Å². The summed E-state index contributed by atoms with van der Waals surface area (Å²) in [7, 11) is 4.14. The van der Waals surface area contributed by atoms with E-state index < -0.39 is 0 Å². The normalized spacial score (nSPS) is 11.6. The summed E-state index contributed by atoms with van der Waals surface area (Å²) in [4.78, 5) is 3.77. The summed E-state index contributed by atoms with van der Waals surface area (Å²) in [6, 6.07) is 0. The molecule has 3 N–H and O–H groups in total. The van der Waals surface area contributed by atoms with Gasteiger partial charge in [-0.2, -0.15) is 0 Å². The molecule has 0 aliphatic heterocycles. The third-order valence-corrected chi connectivity index (χ3v) is 2.46. The van der Waals surface area contributed by atoms with Gasteiger partial charge in [-0.25, -0.2) is 0 Å². The van der Waals surface area contributed by atoms with Crippen LogP contribution in [-0.2, 0) is 0 Å². The van der Waals surface area contributed by atoms with Gasteiger partial charge < -0.3 is 20.4 Å². The Kier molecular flexibility index (Phi) is 11.1. The second-order valence-corrected chi connectivity index (χ2v) is 4.29. The molecular weight excluding hydrogens is 206 g/mol. The molecule has 0 heterocycles. The first-order chi connectivity index (χ1) is 7.70. The standard InChI is InChI=1S/C11H27N3O2/c1-13(2)9-7-12-6-4-3-5-8-14(10-15)11-16/h12,15-16H,3-11H2,1-2H3. The molecular formula is C11H27N3O2. The molecule has 0 aromatic rings. The predicted octanol–water partition coefficient (Wildman–Crippen LogP) is -0.490. The zero-order chi connectivity index (χ0) is 12.2. The van der Waals surface area contributed by atoms with Crippen LogP contribution in [0, 0.1) is 0 Å². The van der Waals surface area contributed by atoms with Crippen LogP contribution in [-0.4, -0.2) is 73.7 Å². The molecule has 0 bridgehead atoms. The van der Waals surface area contributed by atoms with Crippen LogP contribution in [0.5, 0.6) is 0 Å². The van der Waals surface area contributed by atoms with Gasteiger partial charge >= 0.3 is 0 Å². The number of aliphatic hydroxyl groups is 2. The topological polar surface area (TPSA) is 59.0 Å². The van der Waals surface area contributed by atoms with E-state index in [9.17, 15) is 0 Å². The van der Waals surface area contributed by atoms with Crippen molar-refractivity contribution in [1.29, 1.82) is 0 Å². The third kappa shape index (κ3) is 10.3. The molecule has 0 aliphatic carbocycles. The Hall–Kier alpha value is -0.200. The van der Waals surface area contributed by atoms with Crippen LogP contribution >= 0.6 is 0 Å². The molecule has 5 nitrogen and oxygen atoms in total. The largest absolute Gasteiger partial charge is 0.381 e. The Morgan fingerprint density at radius 1 is 0.875 bits per heavy atom. The molecule has 0 saturated carbocycles. The predicted molar refractivity (Wildman–Crippen MR) is 66.2 cm³/mol. The number of hydrogen-bond acceptors (Lipinski definition) is 5. The van der Waals surface area contributed by atoms with Gasteiger partial charge in [0, 0.05) is 19.6 Å². The number of nitrogens with one attached hydrogen (secondary N) is 1. The molecule has 0 aromatic heterocycles. The van der Waals surface area contributed by atoms with Crippen LogP contribution in [0.25, 0.3) is 0 Å². The molecule has 0 radical (unpaired) electrons. The summed E-state index contributed by atoms with van der Waals surface area (Å²) >= 11 is 0. The van der Waals surface area contributed by atoms with Crippen molar-refractivity contribution in [3.8, 4) is 0 Å². The van der Waals surface area contributed by atoms with Gasteiger partial charge in [0.15, 0.2) is 0 Å². The zero-order valence-corrected chi connectivity index (χ0v) is 10.7. The maximum Gasteiger partial charge on any atom is 0.0974 e. The molecule has 0 aliphatic rings. The summed E-state index contributed by atoms with van der Waals surface area (Å²) in [6.07, 6.45) is 3.31. The fraction of sp³-hybridized carbons (Fsp3) is 1.00. The molecule has 98 valence electrons. The molecule has 0 spiro atoms. The fourth-order valence-corrected chi connectivity index (χ4v) is 1.38. The van der Waals surface area contributed by atoms with E-state index in [1.807, 2.05) is 0 Å². The van der Waals surface area contributed by atoms with Crippen molar-refractivity contribution >= 4 is 0 Å². The average molecular weight is 233 g/mol. The Labute approximate surface area is 99.0 Å². The van der Waals surface area contributed by atoms with E-state index in [1.165, 1.54) is 0 Å². The summed E-state index contributed by atoms with van der Waals surface area (Å²) < 4.78 is 0. The molecule has 0 fully saturated rings. The Morgan fingerprint density at radius 3 is 2.12 bits per heavy atom. The molecule has 0 rings (SSSR count). The highest BCUT2D eigenvalue weighted by molar-refractivity contribution is 4.53. The second kappa shape index (κ2) is 11.3. The Bertz CT molecular complexity index is 141. The van der Waals surface area contributed by atoms with Gasteiger partial charge in [0.1, 0.15) is 0 Å². The van der Waals surface area contributed by atoms with Crippen LogP contribution in [0.1, 0.15) is 19.3 Å². The third-order valence-electron chi connectivity index (χ3n) is 2.46. The average Bonchev–Trinajstić information content (AvgIpc) is 2.27. The minimum absolute atomic E-state index is 0.0580. The highest BCUT2D eigenvalue weighted by Crippen LogP contribution is 1.96. The Morgan fingerprint density at radius 2 is 1.56 bits per heavy atom. The van der Waals surface area contributed by atoms with E-state index in [2.05, 4.69) is 24.3 Å². The van der Waals surface area contributed by atoms with Crippen LogP contribution < -0.4 is 5.32 Å². The van der Waals surface area contributed by atoms with E-state index in [0.29, 0.717) is 0 Å². The van der Waals surface area contributed by atoms with Crippen molar-refractivity contribution in [2.45, 2.75) is 19.3 Å².